The summed E-state index contributed by atoms with van der Waals surface area (Å²) >= 11 is 0. The smallest absolute Gasteiger partial charge is 0.146 e. The van der Waals surface area contributed by atoms with E-state index >= 15 is 0 Å². The minimum Gasteiger partial charge on any atom is -0.376 e. The Morgan fingerprint density at radius 2 is 2.28 bits per heavy atom. The normalized spacial score (nSPS) is 23.3. The zero-order valence-corrected chi connectivity index (χ0v) is 11.0. The van der Waals surface area contributed by atoms with Crippen LogP contribution >= 0.6 is 0 Å². The molecule has 2 N–H and O–H groups in total. The van der Waals surface area contributed by atoms with Gasteiger partial charge >= 0.3 is 0 Å². The monoisotopic (exact) mass is 252 g/mol. The van der Waals surface area contributed by atoms with Gasteiger partial charge in [0.15, 0.2) is 0 Å². The molecule has 18 heavy (non-hydrogen) atoms. The Balaban J connectivity index is 2.30. The Bertz CT molecular complexity index is 411. The fraction of sp³-hybridized carbons (Fsp3) is 0.571. The highest BCUT2D eigenvalue weighted by molar-refractivity contribution is 5.55. The molecule has 1 saturated heterocycles. The van der Waals surface area contributed by atoms with Gasteiger partial charge in [-0.2, -0.15) is 0 Å². The maximum absolute atomic E-state index is 14.1. The summed E-state index contributed by atoms with van der Waals surface area (Å²) in [6, 6.07) is 5.43. The lowest BCUT2D eigenvalue weighted by Gasteiger charge is -2.30. The van der Waals surface area contributed by atoms with Crippen LogP contribution in [0.4, 0.5) is 10.1 Å². The highest BCUT2D eigenvalue weighted by Crippen LogP contribution is 2.29. The van der Waals surface area contributed by atoms with E-state index in [0.29, 0.717) is 18.7 Å². The molecule has 2 unspecified atom stereocenters. The molecule has 0 saturated carbocycles. The average Bonchev–Trinajstić information content (AvgIpc) is 2.75. The summed E-state index contributed by atoms with van der Waals surface area (Å²) < 4.78 is 19.6. The van der Waals surface area contributed by atoms with Gasteiger partial charge < -0.3 is 15.4 Å². The Kier molecular flexibility index (Phi) is 4.19. The minimum absolute atomic E-state index is 0.139. The quantitative estimate of drug-likeness (QED) is 0.890. The molecule has 1 aliphatic rings. The van der Waals surface area contributed by atoms with E-state index in [1.165, 1.54) is 6.07 Å². The first-order valence-corrected chi connectivity index (χ1v) is 6.47. The molecular weight excluding hydrogens is 231 g/mol. The highest BCUT2D eigenvalue weighted by Gasteiger charge is 2.30. The highest BCUT2D eigenvalue weighted by atomic mass is 19.1. The summed E-state index contributed by atoms with van der Waals surface area (Å²) in [6.45, 7) is 3.31. The third kappa shape index (κ3) is 2.49. The Labute approximate surface area is 108 Å². The number of nitrogens with two attached hydrogens (primary N) is 1. The summed E-state index contributed by atoms with van der Waals surface area (Å²) in [5.41, 5.74) is 7.24. The van der Waals surface area contributed by atoms with Gasteiger partial charge in [-0.25, -0.2) is 4.39 Å². The first-order chi connectivity index (χ1) is 8.65. The molecule has 4 heteroatoms. The second-order valence-electron chi connectivity index (χ2n) is 4.83. The van der Waals surface area contributed by atoms with Crippen LogP contribution in [0.25, 0.3) is 0 Å². The van der Waals surface area contributed by atoms with Gasteiger partial charge in [0.1, 0.15) is 5.82 Å². The number of rotatable bonds is 4. The largest absolute Gasteiger partial charge is 0.376 e. The van der Waals surface area contributed by atoms with E-state index in [2.05, 4.69) is 0 Å². The molecule has 1 heterocycles. The molecule has 100 valence electrons. The van der Waals surface area contributed by atoms with Gasteiger partial charge in [0.2, 0.25) is 0 Å². The van der Waals surface area contributed by atoms with E-state index in [9.17, 15) is 4.39 Å². The maximum Gasteiger partial charge on any atom is 0.146 e. The van der Waals surface area contributed by atoms with Crippen LogP contribution in [0.1, 0.15) is 18.9 Å². The molecule has 0 radical (unpaired) electrons. The number of hydrogen-bond acceptors (Lipinski definition) is 3. The van der Waals surface area contributed by atoms with Crippen molar-refractivity contribution in [2.75, 3.05) is 25.1 Å². The van der Waals surface area contributed by atoms with Gasteiger partial charge in [-0.05, 0) is 37.9 Å². The third-order valence-corrected chi connectivity index (χ3v) is 3.67. The lowest BCUT2D eigenvalue weighted by atomic mass is 10.0. The lowest BCUT2D eigenvalue weighted by Crippen LogP contribution is -2.38. The van der Waals surface area contributed by atoms with Gasteiger partial charge in [0.25, 0.3) is 0 Å². The molecule has 1 fully saturated rings. The second kappa shape index (κ2) is 5.67. The van der Waals surface area contributed by atoms with Gasteiger partial charge in [-0.3, -0.25) is 0 Å². The number of ether oxygens (including phenoxy) is 1. The van der Waals surface area contributed by atoms with Crippen molar-refractivity contribution >= 4 is 5.69 Å². The first kappa shape index (κ1) is 13.3. The van der Waals surface area contributed by atoms with Crippen molar-refractivity contribution in [2.24, 2.45) is 5.73 Å². The SMILES string of the molecule is CC1OCCC1N(C)c1c(F)cccc1CCN. The Hall–Kier alpha value is -1.13. The van der Waals surface area contributed by atoms with Crippen molar-refractivity contribution in [3.05, 3.63) is 29.6 Å². The number of para-hydroxylation sites is 1. The van der Waals surface area contributed by atoms with Crippen LogP contribution in [0, 0.1) is 5.82 Å². The molecule has 2 rings (SSSR count). The second-order valence-corrected chi connectivity index (χ2v) is 4.83. The van der Waals surface area contributed by atoms with E-state index < -0.39 is 0 Å². The van der Waals surface area contributed by atoms with Gasteiger partial charge in [-0.1, -0.05) is 12.1 Å². The Morgan fingerprint density at radius 1 is 1.50 bits per heavy atom. The number of anilines is 1. The van der Waals surface area contributed by atoms with Crippen LogP contribution in [0.15, 0.2) is 18.2 Å². The zero-order chi connectivity index (χ0) is 13.1. The van der Waals surface area contributed by atoms with Crippen LogP contribution in [0.2, 0.25) is 0 Å². The maximum atomic E-state index is 14.1. The number of likely N-dealkylation sites (N-methyl/N-ethyl adjacent to an activating group) is 1. The zero-order valence-electron chi connectivity index (χ0n) is 11.0. The predicted octanol–water partition coefficient (Wildman–Crippen LogP) is 1.94. The molecule has 0 amide bonds. The lowest BCUT2D eigenvalue weighted by molar-refractivity contribution is 0.118. The van der Waals surface area contributed by atoms with Crippen LogP contribution < -0.4 is 10.6 Å². The molecule has 2 atom stereocenters. The molecule has 0 aromatic heterocycles. The molecular formula is C14H21FN2O. The molecule has 1 aromatic carbocycles. The summed E-state index contributed by atoms with van der Waals surface area (Å²) in [6.07, 6.45) is 1.77. The fourth-order valence-electron chi connectivity index (χ4n) is 2.71. The summed E-state index contributed by atoms with van der Waals surface area (Å²) in [5.74, 6) is -0.178. The van der Waals surface area contributed by atoms with Crippen molar-refractivity contribution in [2.45, 2.75) is 31.9 Å². The van der Waals surface area contributed by atoms with E-state index in [1.807, 2.05) is 24.9 Å². The van der Waals surface area contributed by atoms with Gasteiger partial charge in [0.05, 0.1) is 17.8 Å². The van der Waals surface area contributed by atoms with Crippen LogP contribution in [0.5, 0.6) is 0 Å². The summed E-state index contributed by atoms with van der Waals surface area (Å²) in [7, 11) is 1.94. The molecule has 0 spiro atoms. The van der Waals surface area contributed by atoms with E-state index in [1.54, 1.807) is 6.07 Å². The van der Waals surface area contributed by atoms with Crippen LogP contribution in [-0.2, 0) is 11.2 Å². The standard InChI is InChI=1S/C14H21FN2O/c1-10-13(7-9-18-10)17(2)14-11(6-8-16)4-3-5-12(14)15/h3-5,10,13H,6-9,16H2,1-2H3. The van der Waals surface area contributed by atoms with Crippen molar-refractivity contribution in [3.63, 3.8) is 0 Å². The minimum atomic E-state index is -0.178. The van der Waals surface area contributed by atoms with Crippen molar-refractivity contribution in [3.8, 4) is 0 Å². The molecule has 3 nitrogen and oxygen atoms in total. The van der Waals surface area contributed by atoms with Crippen molar-refractivity contribution in [1.82, 2.24) is 0 Å². The van der Waals surface area contributed by atoms with E-state index in [0.717, 1.165) is 18.6 Å². The fourth-order valence-corrected chi connectivity index (χ4v) is 2.71. The third-order valence-electron chi connectivity index (χ3n) is 3.67. The predicted molar refractivity (Wildman–Crippen MR) is 71.4 cm³/mol. The topological polar surface area (TPSA) is 38.5 Å². The number of halogens is 1. The van der Waals surface area contributed by atoms with Crippen molar-refractivity contribution < 1.29 is 9.13 Å². The number of nitrogens with zero attached hydrogens (tertiary/aromatic N) is 1. The molecule has 0 aliphatic carbocycles. The number of hydrogen-bond donors (Lipinski definition) is 1. The van der Waals surface area contributed by atoms with Crippen LogP contribution in [0.3, 0.4) is 0 Å². The van der Waals surface area contributed by atoms with Gasteiger partial charge in [-0.15, -0.1) is 0 Å². The van der Waals surface area contributed by atoms with E-state index in [-0.39, 0.29) is 18.0 Å². The van der Waals surface area contributed by atoms with Crippen molar-refractivity contribution in [1.29, 1.82) is 0 Å². The summed E-state index contributed by atoms with van der Waals surface area (Å²) in [4.78, 5) is 2.01. The molecule has 0 bridgehead atoms. The molecule has 1 aliphatic heterocycles. The average molecular weight is 252 g/mol. The molecule has 1 aromatic rings. The Morgan fingerprint density at radius 3 is 2.89 bits per heavy atom. The van der Waals surface area contributed by atoms with Gasteiger partial charge in [0, 0.05) is 13.7 Å². The van der Waals surface area contributed by atoms with E-state index in [4.69, 9.17) is 10.5 Å². The number of benzene rings is 1. The summed E-state index contributed by atoms with van der Waals surface area (Å²) in [5, 5.41) is 0. The first-order valence-electron chi connectivity index (χ1n) is 6.47. The van der Waals surface area contributed by atoms with Crippen LogP contribution in [-0.4, -0.2) is 32.3 Å².